The van der Waals surface area contributed by atoms with E-state index in [0.717, 1.165) is 6.07 Å². The summed E-state index contributed by atoms with van der Waals surface area (Å²) in [5.74, 6) is -6.66. The van der Waals surface area contributed by atoms with E-state index >= 15 is 0 Å². The molecule has 1 aliphatic heterocycles. The lowest BCUT2D eigenvalue weighted by molar-refractivity contribution is -0.149. The van der Waals surface area contributed by atoms with Gasteiger partial charge in [-0.1, -0.05) is 6.07 Å². The van der Waals surface area contributed by atoms with Gasteiger partial charge in [-0.15, -0.1) is 0 Å². The number of nitrogens with one attached hydrogen (secondary N) is 1. The molecule has 0 saturated carbocycles. The van der Waals surface area contributed by atoms with Crippen molar-refractivity contribution in [3.05, 3.63) is 58.3 Å². The number of hydrogen-bond donors (Lipinski definition) is 1. The van der Waals surface area contributed by atoms with Gasteiger partial charge in [-0.2, -0.15) is 0 Å². The second-order valence-electron chi connectivity index (χ2n) is 7.78. The predicted octanol–water partition coefficient (Wildman–Crippen LogP) is 4.12. The molecule has 2 aromatic carbocycles. The van der Waals surface area contributed by atoms with E-state index in [0.29, 0.717) is 28.3 Å². The molecular weight excluding hydrogens is 517 g/mol. The fourth-order valence-electron chi connectivity index (χ4n) is 3.07. The number of anilines is 1. The van der Waals surface area contributed by atoms with Crippen LogP contribution in [-0.4, -0.2) is 54.3 Å². The summed E-state index contributed by atoms with van der Waals surface area (Å²) >= 11 is 0.572. The van der Waals surface area contributed by atoms with E-state index in [-0.39, 0.29) is 29.1 Å². The molecular formula is C24H21F3N2O7S. The highest BCUT2D eigenvalue weighted by Crippen LogP contribution is 2.34. The van der Waals surface area contributed by atoms with Gasteiger partial charge in [0.05, 0.1) is 23.8 Å². The van der Waals surface area contributed by atoms with Crippen LogP contribution in [0.5, 0.6) is 11.5 Å². The molecule has 13 heteroatoms. The third-order valence-electron chi connectivity index (χ3n) is 4.68. The highest BCUT2D eigenvalue weighted by Gasteiger charge is 2.36. The first-order chi connectivity index (χ1) is 17.5. The molecule has 196 valence electrons. The van der Waals surface area contributed by atoms with Crippen molar-refractivity contribution in [3.63, 3.8) is 0 Å². The van der Waals surface area contributed by atoms with Gasteiger partial charge in [-0.05, 0) is 61.5 Å². The van der Waals surface area contributed by atoms with E-state index < -0.39 is 52.7 Å². The van der Waals surface area contributed by atoms with Crippen LogP contribution in [0.1, 0.15) is 19.4 Å². The third kappa shape index (κ3) is 6.82. The van der Waals surface area contributed by atoms with Crippen LogP contribution in [0.3, 0.4) is 0 Å². The van der Waals surface area contributed by atoms with Crippen LogP contribution in [0.15, 0.2) is 35.2 Å². The van der Waals surface area contributed by atoms with Crippen molar-refractivity contribution in [1.82, 2.24) is 4.90 Å². The number of carbonyl (C=O) groups excluding carboxylic acids is 4. The molecule has 1 N–H and O–H groups in total. The maximum Gasteiger partial charge on any atom is 0.344 e. The lowest BCUT2D eigenvalue weighted by Crippen LogP contribution is -2.36. The first-order valence-corrected chi connectivity index (χ1v) is 11.5. The summed E-state index contributed by atoms with van der Waals surface area (Å²) in [6.45, 7) is 2.29. The van der Waals surface area contributed by atoms with Crippen LogP contribution in [0.2, 0.25) is 0 Å². The van der Waals surface area contributed by atoms with Gasteiger partial charge >= 0.3 is 5.97 Å². The molecule has 0 aromatic heterocycles. The second kappa shape index (κ2) is 11.8. The molecule has 1 fully saturated rings. The topological polar surface area (TPSA) is 111 Å². The van der Waals surface area contributed by atoms with E-state index in [1.807, 2.05) is 5.32 Å². The SMILES string of the molecule is COc1cc(/C=C2\SC(=O)N(CC(=O)Nc3ccc(F)c(F)c3F)C2=O)ccc1OCC(=O)OC(C)C. The molecule has 0 unspecified atom stereocenters. The average Bonchev–Trinajstić information content (AvgIpc) is 3.10. The number of thioether (sulfide) groups is 1. The minimum Gasteiger partial charge on any atom is -0.493 e. The minimum absolute atomic E-state index is 0.00644. The van der Waals surface area contributed by atoms with E-state index in [1.54, 1.807) is 19.9 Å². The summed E-state index contributed by atoms with van der Waals surface area (Å²) < 4.78 is 55.9. The van der Waals surface area contributed by atoms with Crippen molar-refractivity contribution in [2.75, 3.05) is 25.6 Å². The van der Waals surface area contributed by atoms with Crippen LogP contribution in [0.25, 0.3) is 6.08 Å². The van der Waals surface area contributed by atoms with Gasteiger partial charge in [0, 0.05) is 0 Å². The maximum atomic E-state index is 13.8. The summed E-state index contributed by atoms with van der Waals surface area (Å²) in [4.78, 5) is 49.6. The van der Waals surface area contributed by atoms with E-state index in [4.69, 9.17) is 14.2 Å². The average molecular weight is 539 g/mol. The molecule has 2 aromatic rings. The van der Waals surface area contributed by atoms with Crippen LogP contribution in [-0.2, 0) is 19.1 Å². The third-order valence-corrected chi connectivity index (χ3v) is 5.59. The van der Waals surface area contributed by atoms with Gasteiger partial charge in [-0.3, -0.25) is 19.3 Å². The van der Waals surface area contributed by atoms with Crippen molar-refractivity contribution in [2.45, 2.75) is 20.0 Å². The Morgan fingerprint density at radius 3 is 2.49 bits per heavy atom. The lowest BCUT2D eigenvalue weighted by atomic mass is 10.2. The van der Waals surface area contributed by atoms with E-state index in [2.05, 4.69) is 0 Å². The highest BCUT2D eigenvalue weighted by molar-refractivity contribution is 8.18. The number of benzene rings is 2. The molecule has 0 bridgehead atoms. The molecule has 0 aliphatic carbocycles. The van der Waals surface area contributed by atoms with E-state index in [1.165, 1.54) is 25.3 Å². The van der Waals surface area contributed by atoms with Crippen LogP contribution in [0, 0.1) is 17.5 Å². The Hall–Kier alpha value is -4.00. The molecule has 3 rings (SSSR count). The monoisotopic (exact) mass is 538 g/mol. The van der Waals surface area contributed by atoms with Crippen molar-refractivity contribution in [3.8, 4) is 11.5 Å². The number of imide groups is 1. The summed E-state index contributed by atoms with van der Waals surface area (Å²) in [6, 6.07) is 6.00. The van der Waals surface area contributed by atoms with Crippen LogP contribution < -0.4 is 14.8 Å². The number of nitrogens with zero attached hydrogens (tertiary/aromatic N) is 1. The number of rotatable bonds is 9. The van der Waals surface area contributed by atoms with E-state index in [9.17, 15) is 32.3 Å². The predicted molar refractivity (Wildman–Crippen MR) is 127 cm³/mol. The number of esters is 1. The Bertz CT molecular complexity index is 1280. The number of ether oxygens (including phenoxy) is 3. The molecule has 0 atom stereocenters. The van der Waals surface area contributed by atoms with Gasteiger partial charge in [0.1, 0.15) is 6.54 Å². The number of halogens is 3. The number of amides is 3. The summed E-state index contributed by atoms with van der Waals surface area (Å²) in [5.41, 5.74) is -0.189. The summed E-state index contributed by atoms with van der Waals surface area (Å²) in [5, 5.41) is 1.25. The summed E-state index contributed by atoms with van der Waals surface area (Å²) in [7, 11) is 1.38. The first kappa shape index (κ1) is 27.6. The quantitative estimate of drug-likeness (QED) is 0.289. The van der Waals surface area contributed by atoms with Crippen LogP contribution in [0.4, 0.5) is 23.7 Å². The van der Waals surface area contributed by atoms with Crippen molar-refractivity contribution in [2.24, 2.45) is 0 Å². The smallest absolute Gasteiger partial charge is 0.344 e. The molecule has 9 nitrogen and oxygen atoms in total. The van der Waals surface area contributed by atoms with Crippen LogP contribution >= 0.6 is 11.8 Å². The zero-order valence-corrected chi connectivity index (χ0v) is 20.6. The zero-order chi connectivity index (χ0) is 27.3. The fourth-order valence-corrected chi connectivity index (χ4v) is 3.91. The number of methoxy groups -OCH3 is 1. The van der Waals surface area contributed by atoms with Gasteiger partial charge < -0.3 is 19.5 Å². The second-order valence-corrected chi connectivity index (χ2v) is 8.77. The standard InChI is InChI=1S/C24H21F3N2O7S/c1-12(2)36-20(31)11-35-16-7-4-13(8-17(16)34-3)9-18-23(32)29(24(33)37-18)10-19(30)28-15-6-5-14(25)21(26)22(15)27/h4-9,12H,10-11H2,1-3H3,(H,28,30)/b18-9-. The molecule has 37 heavy (non-hydrogen) atoms. The maximum absolute atomic E-state index is 13.8. The molecule has 0 radical (unpaired) electrons. The molecule has 1 saturated heterocycles. The van der Waals surface area contributed by atoms with Crippen molar-refractivity contribution in [1.29, 1.82) is 0 Å². The molecule has 1 aliphatic rings. The number of hydrogen-bond acceptors (Lipinski definition) is 8. The van der Waals surface area contributed by atoms with Crippen molar-refractivity contribution < 1.29 is 46.6 Å². The van der Waals surface area contributed by atoms with Gasteiger partial charge in [0.2, 0.25) is 5.91 Å². The Labute approximate surface area is 213 Å². The largest absolute Gasteiger partial charge is 0.493 e. The van der Waals surface area contributed by atoms with Gasteiger partial charge in [0.15, 0.2) is 35.6 Å². The van der Waals surface area contributed by atoms with Gasteiger partial charge in [0.25, 0.3) is 11.1 Å². The first-order valence-electron chi connectivity index (χ1n) is 10.7. The van der Waals surface area contributed by atoms with Crippen molar-refractivity contribution >= 4 is 46.5 Å². The lowest BCUT2D eigenvalue weighted by Gasteiger charge is -2.13. The normalized spacial score (nSPS) is 14.4. The van der Waals surface area contributed by atoms with Gasteiger partial charge in [-0.25, -0.2) is 18.0 Å². The Morgan fingerprint density at radius 2 is 1.81 bits per heavy atom. The Morgan fingerprint density at radius 1 is 1.08 bits per heavy atom. The fraction of sp³-hybridized carbons (Fsp3) is 0.250. The minimum atomic E-state index is -1.77. The highest BCUT2D eigenvalue weighted by atomic mass is 32.2. The zero-order valence-electron chi connectivity index (χ0n) is 19.8. The Balaban J connectivity index is 1.68. The molecule has 0 spiro atoms. The Kier molecular flexibility index (Phi) is 8.81. The molecule has 1 heterocycles. The summed E-state index contributed by atoms with van der Waals surface area (Å²) in [6.07, 6.45) is 1.09. The number of carbonyl (C=O) groups is 4. The molecule has 3 amide bonds.